The van der Waals surface area contributed by atoms with Crippen LogP contribution in [0.4, 0.5) is 4.39 Å². The Labute approximate surface area is 122 Å². The highest BCUT2D eigenvalue weighted by Crippen LogP contribution is 2.17. The molecule has 0 radical (unpaired) electrons. The number of halogens is 2. The molecule has 0 aromatic heterocycles. The molecule has 0 heterocycles. The Bertz CT molecular complexity index is 632. The van der Waals surface area contributed by atoms with Crippen molar-refractivity contribution in [3.63, 3.8) is 0 Å². The van der Waals surface area contributed by atoms with Gasteiger partial charge in [-0.25, -0.2) is 4.39 Å². The lowest BCUT2D eigenvalue weighted by Crippen LogP contribution is -2.18. The lowest BCUT2D eigenvalue weighted by Gasteiger charge is -2.14. The Morgan fingerprint density at radius 1 is 1.25 bits per heavy atom. The second-order valence-electron chi connectivity index (χ2n) is 4.58. The fraction of sp³-hybridized carbons (Fsp3) is 0.188. The molecule has 0 saturated heterocycles. The van der Waals surface area contributed by atoms with Crippen molar-refractivity contribution in [2.24, 2.45) is 0 Å². The first-order valence-electron chi connectivity index (χ1n) is 6.27. The number of benzene rings is 2. The first kappa shape index (κ1) is 14.5. The Balaban J connectivity index is 2.01. The molecule has 0 aliphatic carbocycles. The van der Waals surface area contributed by atoms with Gasteiger partial charge in [0.2, 0.25) is 0 Å². The molecule has 0 aliphatic rings. The number of hydrogen-bond acceptors (Lipinski definition) is 2. The van der Waals surface area contributed by atoms with Crippen LogP contribution < -0.4 is 5.32 Å². The highest BCUT2D eigenvalue weighted by atomic mass is 35.5. The van der Waals surface area contributed by atoms with Crippen molar-refractivity contribution >= 4 is 11.6 Å². The van der Waals surface area contributed by atoms with Gasteiger partial charge < -0.3 is 5.32 Å². The molecule has 2 nitrogen and oxygen atoms in total. The van der Waals surface area contributed by atoms with Crippen LogP contribution in [0, 0.1) is 17.1 Å². The lowest BCUT2D eigenvalue weighted by atomic mass is 10.1. The molecule has 4 heteroatoms. The second kappa shape index (κ2) is 6.51. The summed E-state index contributed by atoms with van der Waals surface area (Å²) in [5.41, 5.74) is 2.07. The molecule has 1 N–H and O–H groups in total. The molecule has 0 amide bonds. The zero-order valence-electron chi connectivity index (χ0n) is 11.0. The van der Waals surface area contributed by atoms with Crippen LogP contribution in [0.2, 0.25) is 5.02 Å². The van der Waals surface area contributed by atoms with E-state index in [4.69, 9.17) is 16.9 Å². The van der Waals surface area contributed by atoms with Crippen LogP contribution >= 0.6 is 11.6 Å². The normalized spacial score (nSPS) is 11.9. The number of rotatable bonds is 4. The first-order valence-corrected chi connectivity index (χ1v) is 6.65. The fourth-order valence-electron chi connectivity index (χ4n) is 1.91. The molecule has 1 atom stereocenters. The average Bonchev–Trinajstić information content (AvgIpc) is 2.46. The molecule has 2 aromatic rings. The third-order valence-corrected chi connectivity index (χ3v) is 3.39. The van der Waals surface area contributed by atoms with Crippen LogP contribution in [0.5, 0.6) is 0 Å². The zero-order valence-corrected chi connectivity index (χ0v) is 11.8. The smallest absolute Gasteiger partial charge is 0.140 e. The van der Waals surface area contributed by atoms with Gasteiger partial charge in [-0.15, -0.1) is 0 Å². The molecule has 2 aromatic carbocycles. The van der Waals surface area contributed by atoms with Gasteiger partial charge in [-0.1, -0.05) is 29.8 Å². The Kier molecular flexibility index (Phi) is 4.73. The van der Waals surface area contributed by atoms with Crippen LogP contribution in [-0.2, 0) is 6.54 Å². The van der Waals surface area contributed by atoms with Gasteiger partial charge in [-0.3, -0.25) is 0 Å². The maximum Gasteiger partial charge on any atom is 0.140 e. The van der Waals surface area contributed by atoms with E-state index in [-0.39, 0.29) is 11.6 Å². The van der Waals surface area contributed by atoms with Crippen LogP contribution in [0.15, 0.2) is 42.5 Å². The van der Waals surface area contributed by atoms with E-state index in [2.05, 4.69) is 5.32 Å². The van der Waals surface area contributed by atoms with Gasteiger partial charge in [-0.2, -0.15) is 5.26 Å². The Hall–Kier alpha value is -1.89. The number of nitrogens with one attached hydrogen (secondary N) is 1. The summed E-state index contributed by atoms with van der Waals surface area (Å²) in [6.07, 6.45) is 0. The Morgan fingerprint density at radius 3 is 2.60 bits per heavy atom. The molecule has 20 heavy (non-hydrogen) atoms. The van der Waals surface area contributed by atoms with Crippen molar-refractivity contribution in [1.29, 1.82) is 5.26 Å². The molecule has 0 saturated carbocycles. The monoisotopic (exact) mass is 288 g/mol. The van der Waals surface area contributed by atoms with E-state index in [1.54, 1.807) is 12.1 Å². The maximum absolute atomic E-state index is 13.2. The van der Waals surface area contributed by atoms with E-state index in [9.17, 15) is 4.39 Å². The van der Waals surface area contributed by atoms with Crippen molar-refractivity contribution in [3.8, 4) is 6.07 Å². The van der Waals surface area contributed by atoms with Crippen molar-refractivity contribution in [1.82, 2.24) is 5.32 Å². The highest BCUT2D eigenvalue weighted by Gasteiger charge is 2.06. The first-order chi connectivity index (χ1) is 9.60. The predicted molar refractivity (Wildman–Crippen MR) is 77.8 cm³/mol. The summed E-state index contributed by atoms with van der Waals surface area (Å²) in [7, 11) is 0. The van der Waals surface area contributed by atoms with Gasteiger partial charge in [0.15, 0.2) is 0 Å². The van der Waals surface area contributed by atoms with Crippen LogP contribution in [0.3, 0.4) is 0 Å². The van der Waals surface area contributed by atoms with E-state index in [1.165, 1.54) is 6.07 Å². The summed E-state index contributed by atoms with van der Waals surface area (Å²) >= 11 is 5.85. The van der Waals surface area contributed by atoms with E-state index in [0.29, 0.717) is 11.6 Å². The van der Waals surface area contributed by atoms with Gasteiger partial charge in [0, 0.05) is 17.6 Å². The molecular formula is C16H14ClFN2. The van der Waals surface area contributed by atoms with Crippen LogP contribution in [0.1, 0.15) is 29.7 Å². The SMILES string of the molecule is CC(NCc1ccc(F)c(C#N)c1)c1ccc(Cl)cc1. The molecule has 0 fully saturated rings. The van der Waals surface area contributed by atoms with Gasteiger partial charge in [0.1, 0.15) is 11.9 Å². The third kappa shape index (κ3) is 3.57. The largest absolute Gasteiger partial charge is 0.306 e. The molecule has 102 valence electrons. The molecule has 0 bridgehead atoms. The van der Waals surface area contributed by atoms with E-state index in [1.807, 2.05) is 37.3 Å². The summed E-state index contributed by atoms with van der Waals surface area (Å²) in [6, 6.07) is 14.2. The molecule has 0 spiro atoms. The number of nitrogens with zero attached hydrogens (tertiary/aromatic N) is 1. The summed E-state index contributed by atoms with van der Waals surface area (Å²) in [4.78, 5) is 0. The fourth-order valence-corrected chi connectivity index (χ4v) is 2.03. The van der Waals surface area contributed by atoms with Crippen LogP contribution in [0.25, 0.3) is 0 Å². The number of hydrogen-bond donors (Lipinski definition) is 1. The minimum Gasteiger partial charge on any atom is -0.306 e. The minimum absolute atomic E-state index is 0.0726. The zero-order chi connectivity index (χ0) is 14.5. The summed E-state index contributed by atoms with van der Waals surface area (Å²) in [6.45, 7) is 2.61. The standard InChI is InChI=1S/C16H14ClFN2/c1-11(13-3-5-15(17)6-4-13)20-10-12-2-7-16(18)14(8-12)9-19/h2-8,11,20H,10H2,1H3. The summed E-state index contributed by atoms with van der Waals surface area (Å²) in [5, 5.41) is 12.8. The minimum atomic E-state index is -0.484. The van der Waals surface area contributed by atoms with Gasteiger partial charge in [0.05, 0.1) is 5.56 Å². The van der Waals surface area contributed by atoms with Gasteiger partial charge in [-0.05, 0) is 42.3 Å². The van der Waals surface area contributed by atoms with Crippen molar-refractivity contribution in [3.05, 3.63) is 70.0 Å². The average molecular weight is 289 g/mol. The lowest BCUT2D eigenvalue weighted by molar-refractivity contribution is 0.572. The third-order valence-electron chi connectivity index (χ3n) is 3.13. The Morgan fingerprint density at radius 2 is 1.95 bits per heavy atom. The topological polar surface area (TPSA) is 35.8 Å². The quantitative estimate of drug-likeness (QED) is 0.915. The van der Waals surface area contributed by atoms with E-state index in [0.717, 1.165) is 11.1 Å². The highest BCUT2D eigenvalue weighted by molar-refractivity contribution is 6.30. The molecule has 2 rings (SSSR count). The van der Waals surface area contributed by atoms with E-state index < -0.39 is 5.82 Å². The summed E-state index contributed by atoms with van der Waals surface area (Å²) < 4.78 is 13.2. The summed E-state index contributed by atoms with van der Waals surface area (Å²) in [5.74, 6) is -0.484. The van der Waals surface area contributed by atoms with Gasteiger partial charge >= 0.3 is 0 Å². The van der Waals surface area contributed by atoms with Crippen molar-refractivity contribution < 1.29 is 4.39 Å². The van der Waals surface area contributed by atoms with E-state index >= 15 is 0 Å². The number of nitriles is 1. The maximum atomic E-state index is 13.2. The van der Waals surface area contributed by atoms with Gasteiger partial charge in [0.25, 0.3) is 0 Å². The molecular weight excluding hydrogens is 275 g/mol. The van der Waals surface area contributed by atoms with Crippen LogP contribution in [-0.4, -0.2) is 0 Å². The second-order valence-corrected chi connectivity index (χ2v) is 5.02. The van der Waals surface area contributed by atoms with Crippen molar-refractivity contribution in [2.75, 3.05) is 0 Å². The predicted octanol–water partition coefficient (Wildman–Crippen LogP) is 4.20. The molecule has 0 aliphatic heterocycles. The molecule has 1 unspecified atom stereocenters. The van der Waals surface area contributed by atoms with Crippen molar-refractivity contribution in [2.45, 2.75) is 19.5 Å².